The summed E-state index contributed by atoms with van der Waals surface area (Å²) in [6, 6.07) is 0. The molecule has 2 rings (SSSR count). The fourth-order valence-corrected chi connectivity index (χ4v) is 2.53. The van der Waals surface area contributed by atoms with Crippen LogP contribution in [0.5, 0.6) is 0 Å². The van der Waals surface area contributed by atoms with Crippen LogP contribution in [0.1, 0.15) is 20.1 Å². The van der Waals surface area contributed by atoms with Crippen molar-refractivity contribution in [3.05, 3.63) is 16.7 Å². The number of halogens is 1. The summed E-state index contributed by atoms with van der Waals surface area (Å²) in [4.78, 5) is 13.8. The second-order valence-corrected chi connectivity index (χ2v) is 5.32. The van der Waals surface area contributed by atoms with Crippen LogP contribution in [0.3, 0.4) is 0 Å². The molecule has 0 amide bonds. The van der Waals surface area contributed by atoms with E-state index in [0.717, 1.165) is 10.9 Å². The Kier molecular flexibility index (Phi) is 4.20. The summed E-state index contributed by atoms with van der Waals surface area (Å²) in [5.74, 6) is 5.14. The molecule has 5 atom stereocenters. The molecule has 114 valence electrons. The third-order valence-corrected chi connectivity index (χ3v) is 3.64. The van der Waals surface area contributed by atoms with Gasteiger partial charge < -0.3 is 20.7 Å². The molecule has 8 nitrogen and oxygen atoms in total. The number of anilines is 1. The van der Waals surface area contributed by atoms with Gasteiger partial charge >= 0.3 is 5.69 Å². The van der Waals surface area contributed by atoms with Gasteiger partial charge in [0.15, 0.2) is 11.1 Å². The highest BCUT2D eigenvalue weighted by Crippen LogP contribution is 2.43. The van der Waals surface area contributed by atoms with Gasteiger partial charge in [0.25, 0.3) is 0 Å². The Bertz CT molecular complexity index is 653. The van der Waals surface area contributed by atoms with E-state index >= 15 is 0 Å². The van der Waals surface area contributed by atoms with Gasteiger partial charge in [-0.3, -0.25) is 0 Å². The first kappa shape index (κ1) is 15.7. The van der Waals surface area contributed by atoms with Crippen molar-refractivity contribution in [3.63, 3.8) is 0 Å². The highest BCUT2D eigenvalue weighted by Gasteiger charge is 2.57. The number of rotatable bonds is 2. The van der Waals surface area contributed by atoms with Crippen molar-refractivity contribution in [3.8, 4) is 11.8 Å². The van der Waals surface area contributed by atoms with E-state index in [9.17, 15) is 15.0 Å². The lowest BCUT2D eigenvalue weighted by Crippen LogP contribution is -2.45. The number of ether oxygens (including phenoxy) is 1. The van der Waals surface area contributed by atoms with Crippen LogP contribution >= 0.6 is 11.6 Å². The minimum atomic E-state index is -1.63. The maximum Gasteiger partial charge on any atom is 0.368 e. The smallest absolute Gasteiger partial charge is 0.368 e. The van der Waals surface area contributed by atoms with Crippen LogP contribution < -0.4 is 11.4 Å². The molecule has 2 unspecified atom stereocenters. The molecule has 1 aromatic heterocycles. The largest absolute Gasteiger partial charge is 0.391 e. The molecule has 9 heteroatoms. The Labute approximate surface area is 125 Å². The zero-order valence-corrected chi connectivity index (χ0v) is 12.2. The second-order valence-electron chi connectivity index (χ2n) is 4.69. The van der Waals surface area contributed by atoms with Crippen LogP contribution in [0, 0.1) is 11.8 Å². The molecule has 1 aliphatic heterocycles. The maximum absolute atomic E-state index is 11.9. The number of nitrogen functional groups attached to an aromatic ring is 1. The minimum absolute atomic E-state index is 0.0522. The van der Waals surface area contributed by atoms with Crippen molar-refractivity contribution in [2.45, 2.75) is 43.3 Å². The van der Waals surface area contributed by atoms with E-state index in [2.05, 4.69) is 21.9 Å². The van der Waals surface area contributed by atoms with Crippen molar-refractivity contribution < 1.29 is 14.9 Å². The van der Waals surface area contributed by atoms with Crippen LogP contribution in [0.4, 0.5) is 5.82 Å². The number of hydrogen-bond acceptors (Lipinski definition) is 7. The molecule has 0 aromatic carbocycles. The van der Waals surface area contributed by atoms with E-state index in [1.165, 1.54) is 13.8 Å². The van der Waals surface area contributed by atoms with Gasteiger partial charge in [0, 0.05) is 0 Å². The van der Waals surface area contributed by atoms with Crippen LogP contribution in [0.25, 0.3) is 0 Å². The molecule has 0 bridgehead atoms. The Morgan fingerprint density at radius 1 is 1.67 bits per heavy atom. The highest BCUT2D eigenvalue weighted by molar-refractivity contribution is 6.27. The Balaban J connectivity index is 2.54. The molecule has 0 radical (unpaired) electrons. The maximum atomic E-state index is 11.9. The summed E-state index contributed by atoms with van der Waals surface area (Å²) in [5, 5.41) is 23.8. The highest BCUT2D eigenvalue weighted by atomic mass is 35.5. The predicted molar refractivity (Wildman–Crippen MR) is 74.3 cm³/mol. The first-order valence-corrected chi connectivity index (χ1v) is 6.54. The normalized spacial score (nSPS) is 33.3. The van der Waals surface area contributed by atoms with Crippen molar-refractivity contribution >= 4 is 17.4 Å². The average Bonchev–Trinajstić information content (AvgIpc) is 2.64. The Hall–Kier alpha value is -1.66. The van der Waals surface area contributed by atoms with Crippen molar-refractivity contribution in [1.29, 1.82) is 0 Å². The third kappa shape index (κ3) is 2.61. The fourth-order valence-electron chi connectivity index (χ4n) is 2.17. The molecular weight excluding hydrogens is 300 g/mol. The predicted octanol–water partition coefficient (Wildman–Crippen LogP) is -1.14. The Morgan fingerprint density at radius 3 is 2.86 bits per heavy atom. The first-order chi connectivity index (χ1) is 9.81. The molecule has 2 heterocycles. The number of aliphatic hydroxyl groups is 2. The van der Waals surface area contributed by atoms with Crippen LogP contribution in [0.15, 0.2) is 11.0 Å². The van der Waals surface area contributed by atoms with E-state index < -0.39 is 35.1 Å². The van der Waals surface area contributed by atoms with Gasteiger partial charge in [0.2, 0.25) is 0 Å². The van der Waals surface area contributed by atoms with Gasteiger partial charge in [-0.1, -0.05) is 17.5 Å². The summed E-state index contributed by atoms with van der Waals surface area (Å²) >= 11 is 6.35. The number of aromatic nitrogens is 3. The number of nitrogens with zero attached hydrogens (tertiary/aromatic N) is 3. The van der Waals surface area contributed by atoms with Crippen molar-refractivity contribution in [2.24, 2.45) is 0 Å². The quantitative estimate of drug-likeness (QED) is 0.465. The molecule has 21 heavy (non-hydrogen) atoms. The lowest BCUT2D eigenvalue weighted by Gasteiger charge is -2.24. The monoisotopic (exact) mass is 314 g/mol. The summed E-state index contributed by atoms with van der Waals surface area (Å²) < 4.78 is 6.34. The van der Waals surface area contributed by atoms with Crippen LogP contribution in [-0.4, -0.2) is 48.2 Å². The molecule has 0 spiro atoms. The lowest BCUT2D eigenvalue weighted by molar-refractivity contribution is -0.0809. The van der Waals surface area contributed by atoms with Gasteiger partial charge in [-0.05, 0) is 13.8 Å². The number of aliphatic hydroxyl groups excluding tert-OH is 2. The summed E-state index contributed by atoms with van der Waals surface area (Å²) in [7, 11) is 0. The minimum Gasteiger partial charge on any atom is -0.391 e. The van der Waals surface area contributed by atoms with Crippen LogP contribution in [-0.2, 0) is 4.74 Å². The summed E-state index contributed by atoms with van der Waals surface area (Å²) in [5.41, 5.74) is 4.59. The zero-order valence-electron chi connectivity index (χ0n) is 11.4. The van der Waals surface area contributed by atoms with Gasteiger partial charge in [0.05, 0.1) is 12.3 Å². The fraction of sp³-hybridized carbons (Fsp3) is 0.583. The number of alkyl halides is 1. The van der Waals surface area contributed by atoms with E-state index in [-0.39, 0.29) is 5.82 Å². The Morgan fingerprint density at radius 2 is 2.33 bits per heavy atom. The SMILES string of the molecule is CC#CC1(Cl)C(O)[C@@H]([C@@H](C)O)O[C@H]1n1ncc(N)nc1=O. The molecule has 1 aromatic rings. The third-order valence-electron chi connectivity index (χ3n) is 3.14. The van der Waals surface area contributed by atoms with Gasteiger partial charge in [0.1, 0.15) is 18.0 Å². The van der Waals surface area contributed by atoms with E-state index in [1.807, 2.05) is 0 Å². The van der Waals surface area contributed by atoms with Gasteiger partial charge in [-0.2, -0.15) is 14.8 Å². The number of nitrogens with two attached hydrogens (primary N) is 1. The van der Waals surface area contributed by atoms with Crippen molar-refractivity contribution in [1.82, 2.24) is 14.8 Å². The molecule has 1 fully saturated rings. The standard InChI is InChI=1S/C12H15ClN4O4/c1-3-4-12(13)9(19)8(6(2)18)21-10(12)17-11(20)16-7(14)5-15-17/h5-6,8-10,18-19H,1-2H3,(H2,14,16,20)/t6-,8-,9?,10-,12?/m1/s1. The van der Waals surface area contributed by atoms with E-state index in [4.69, 9.17) is 22.1 Å². The molecule has 0 aliphatic carbocycles. The topological polar surface area (TPSA) is 123 Å². The average molecular weight is 315 g/mol. The molecular formula is C12H15ClN4O4. The van der Waals surface area contributed by atoms with Crippen LogP contribution in [0.2, 0.25) is 0 Å². The van der Waals surface area contributed by atoms with E-state index in [0.29, 0.717) is 0 Å². The molecule has 0 saturated carbocycles. The van der Waals surface area contributed by atoms with E-state index in [1.54, 1.807) is 0 Å². The van der Waals surface area contributed by atoms with Gasteiger partial charge in [-0.25, -0.2) is 4.79 Å². The molecule has 1 saturated heterocycles. The van der Waals surface area contributed by atoms with Gasteiger partial charge in [-0.15, -0.1) is 5.92 Å². The van der Waals surface area contributed by atoms with Crippen molar-refractivity contribution in [2.75, 3.05) is 5.73 Å². The molecule has 1 aliphatic rings. The second kappa shape index (κ2) is 5.61. The lowest BCUT2D eigenvalue weighted by atomic mass is 9.97. The number of hydrogen-bond donors (Lipinski definition) is 3. The summed E-state index contributed by atoms with van der Waals surface area (Å²) in [6.45, 7) is 2.96. The molecule has 4 N–H and O–H groups in total. The summed E-state index contributed by atoms with van der Waals surface area (Å²) in [6.07, 6.45) is -3.40. The zero-order chi connectivity index (χ0) is 15.8. The first-order valence-electron chi connectivity index (χ1n) is 6.17.